The highest BCUT2D eigenvalue weighted by Crippen LogP contribution is 2.32. The van der Waals surface area contributed by atoms with Crippen molar-refractivity contribution in [3.05, 3.63) is 70.8 Å². The van der Waals surface area contributed by atoms with Gasteiger partial charge < -0.3 is 15.7 Å². The molecule has 3 heterocycles. The summed E-state index contributed by atoms with van der Waals surface area (Å²) in [5, 5.41) is 21.8. The van der Waals surface area contributed by atoms with Gasteiger partial charge in [0.05, 0.1) is 16.4 Å². The molecule has 0 amide bonds. The average Bonchev–Trinajstić information content (AvgIpc) is 3.22. The molecule has 1 aliphatic rings. The van der Waals surface area contributed by atoms with Crippen LogP contribution in [-0.4, -0.2) is 50.8 Å². The summed E-state index contributed by atoms with van der Waals surface area (Å²) in [7, 11) is 1.97. The largest absolute Gasteiger partial charge is 0.507 e. The van der Waals surface area contributed by atoms with E-state index < -0.39 is 0 Å². The van der Waals surface area contributed by atoms with Crippen LogP contribution in [0.4, 0.5) is 11.5 Å². The summed E-state index contributed by atoms with van der Waals surface area (Å²) in [5.41, 5.74) is 4.66. The second-order valence-corrected chi connectivity index (χ2v) is 9.23. The van der Waals surface area contributed by atoms with Crippen molar-refractivity contribution in [2.45, 2.75) is 25.4 Å². The summed E-state index contributed by atoms with van der Waals surface area (Å²) in [6, 6.07) is 18.1. The van der Waals surface area contributed by atoms with Gasteiger partial charge in [0.2, 0.25) is 0 Å². The molecule has 8 heteroatoms. The molecule has 0 spiro atoms. The van der Waals surface area contributed by atoms with E-state index in [1.807, 2.05) is 35.8 Å². The number of aromatic nitrogens is 3. The highest BCUT2D eigenvalue weighted by atomic mass is 79.9. The quantitative estimate of drug-likeness (QED) is 0.342. The van der Waals surface area contributed by atoms with Gasteiger partial charge in [-0.15, -0.1) is 0 Å². The maximum atomic E-state index is 10.4. The fourth-order valence-corrected chi connectivity index (χ4v) is 4.80. The molecule has 170 valence electrons. The fraction of sp³-hybridized carbons (Fsp3) is 0.280. The highest BCUT2D eigenvalue weighted by Gasteiger charge is 2.22. The number of nitrogens with one attached hydrogen (secondary N) is 2. The van der Waals surface area contributed by atoms with E-state index in [4.69, 9.17) is 4.98 Å². The Labute approximate surface area is 201 Å². The zero-order chi connectivity index (χ0) is 22.8. The smallest absolute Gasteiger partial charge is 0.172 e. The van der Waals surface area contributed by atoms with E-state index in [0.717, 1.165) is 48.4 Å². The van der Waals surface area contributed by atoms with Crippen molar-refractivity contribution in [1.82, 2.24) is 19.5 Å². The summed E-state index contributed by atoms with van der Waals surface area (Å²) >= 11 is 3.55. The second kappa shape index (κ2) is 9.41. The predicted molar refractivity (Wildman–Crippen MR) is 136 cm³/mol. The summed E-state index contributed by atoms with van der Waals surface area (Å²) in [5.74, 6) is 1.09. The van der Waals surface area contributed by atoms with Crippen LogP contribution in [0.5, 0.6) is 5.75 Å². The number of aromatic hydroxyl groups is 1. The van der Waals surface area contributed by atoms with Gasteiger partial charge in [0.15, 0.2) is 5.65 Å². The number of fused-ring (bicyclic) bond motifs is 1. The van der Waals surface area contributed by atoms with Gasteiger partial charge >= 0.3 is 0 Å². The maximum Gasteiger partial charge on any atom is 0.172 e. The number of benzene rings is 2. The van der Waals surface area contributed by atoms with Gasteiger partial charge in [-0.3, -0.25) is 4.90 Å². The van der Waals surface area contributed by atoms with E-state index in [0.29, 0.717) is 17.3 Å². The molecule has 1 saturated heterocycles. The minimum atomic E-state index is 0.214. The number of anilines is 2. The first-order valence-electron chi connectivity index (χ1n) is 11.2. The molecule has 0 atom stereocenters. The number of hydrogen-bond donors (Lipinski definition) is 3. The van der Waals surface area contributed by atoms with Crippen molar-refractivity contribution >= 4 is 33.1 Å². The van der Waals surface area contributed by atoms with E-state index in [9.17, 15) is 5.11 Å². The minimum Gasteiger partial charge on any atom is -0.507 e. The zero-order valence-electron chi connectivity index (χ0n) is 18.5. The van der Waals surface area contributed by atoms with Crippen molar-refractivity contribution < 1.29 is 5.11 Å². The van der Waals surface area contributed by atoms with Crippen LogP contribution in [0.1, 0.15) is 18.4 Å². The van der Waals surface area contributed by atoms with Crippen LogP contribution in [0.3, 0.4) is 0 Å². The van der Waals surface area contributed by atoms with Crippen molar-refractivity contribution in [2.75, 3.05) is 30.8 Å². The molecule has 0 bridgehead atoms. The Hall–Kier alpha value is -3.10. The summed E-state index contributed by atoms with van der Waals surface area (Å²) in [6.45, 7) is 3.00. The van der Waals surface area contributed by atoms with E-state index >= 15 is 0 Å². The molecule has 1 aliphatic heterocycles. The topological polar surface area (TPSA) is 77.7 Å². The molecule has 0 aliphatic carbocycles. The molecular formula is C25H27BrN6O. The monoisotopic (exact) mass is 506 g/mol. The van der Waals surface area contributed by atoms with Crippen molar-refractivity contribution in [3.8, 4) is 17.0 Å². The van der Waals surface area contributed by atoms with E-state index in [2.05, 4.69) is 60.8 Å². The third-order valence-electron chi connectivity index (χ3n) is 6.23. The summed E-state index contributed by atoms with van der Waals surface area (Å²) in [6.07, 6.45) is 3.84. The number of rotatable bonds is 6. The molecule has 7 nitrogen and oxygen atoms in total. The van der Waals surface area contributed by atoms with Crippen LogP contribution in [0.15, 0.2) is 65.3 Å². The molecule has 0 unspecified atom stereocenters. The maximum absolute atomic E-state index is 10.4. The normalized spacial score (nSPS) is 15.1. The van der Waals surface area contributed by atoms with Crippen LogP contribution in [0.25, 0.3) is 16.9 Å². The highest BCUT2D eigenvalue weighted by molar-refractivity contribution is 9.10. The van der Waals surface area contributed by atoms with Gasteiger partial charge in [-0.2, -0.15) is 9.61 Å². The molecule has 2 aromatic carbocycles. The lowest BCUT2D eigenvalue weighted by Crippen LogP contribution is -2.39. The van der Waals surface area contributed by atoms with Crippen LogP contribution >= 0.6 is 15.9 Å². The van der Waals surface area contributed by atoms with E-state index in [-0.39, 0.29) is 5.75 Å². The number of para-hydroxylation sites is 2. The van der Waals surface area contributed by atoms with Crippen LogP contribution in [0.2, 0.25) is 0 Å². The Kier molecular flexibility index (Phi) is 6.20. The zero-order valence-corrected chi connectivity index (χ0v) is 20.1. The number of nitrogens with zero attached hydrogens (tertiary/aromatic N) is 4. The fourth-order valence-electron chi connectivity index (χ4n) is 4.45. The lowest BCUT2D eigenvalue weighted by atomic mass is 10.0. The standard InChI is InChI=1S/C25H27BrN6O/c1-27-21-8-4-2-6-17(21)16-31-12-10-18(11-13-31)29-24-14-22(19-7-3-5-9-23(19)33)30-25-20(26)15-28-32(24)25/h2-9,14-15,18,27,29,33H,10-13,16H2,1H3. The summed E-state index contributed by atoms with van der Waals surface area (Å²) < 4.78 is 2.64. The van der Waals surface area contributed by atoms with Gasteiger partial charge in [0.25, 0.3) is 0 Å². The lowest BCUT2D eigenvalue weighted by molar-refractivity contribution is 0.211. The van der Waals surface area contributed by atoms with Gasteiger partial charge in [-0.1, -0.05) is 30.3 Å². The molecule has 0 radical (unpaired) electrons. The number of halogens is 1. The van der Waals surface area contributed by atoms with Gasteiger partial charge in [-0.05, 0) is 52.5 Å². The van der Waals surface area contributed by atoms with Crippen LogP contribution in [-0.2, 0) is 6.54 Å². The van der Waals surface area contributed by atoms with Crippen molar-refractivity contribution in [3.63, 3.8) is 0 Å². The second-order valence-electron chi connectivity index (χ2n) is 8.37. The van der Waals surface area contributed by atoms with Gasteiger partial charge in [-0.25, -0.2) is 4.98 Å². The van der Waals surface area contributed by atoms with E-state index in [1.54, 1.807) is 12.3 Å². The van der Waals surface area contributed by atoms with Crippen molar-refractivity contribution in [1.29, 1.82) is 0 Å². The summed E-state index contributed by atoms with van der Waals surface area (Å²) in [4.78, 5) is 7.24. The third kappa shape index (κ3) is 4.54. The predicted octanol–water partition coefficient (Wildman–Crippen LogP) is 4.98. The Bertz CT molecular complexity index is 1260. The van der Waals surface area contributed by atoms with Crippen LogP contribution in [0, 0.1) is 0 Å². The first-order valence-corrected chi connectivity index (χ1v) is 12.0. The number of hydrogen-bond acceptors (Lipinski definition) is 6. The lowest BCUT2D eigenvalue weighted by Gasteiger charge is -2.33. The Morgan fingerprint density at radius 3 is 2.64 bits per heavy atom. The molecule has 5 rings (SSSR count). The number of piperidine rings is 1. The van der Waals surface area contributed by atoms with Gasteiger partial charge in [0, 0.05) is 50.0 Å². The molecule has 2 aromatic heterocycles. The minimum absolute atomic E-state index is 0.214. The molecule has 4 aromatic rings. The molecule has 33 heavy (non-hydrogen) atoms. The SMILES string of the molecule is CNc1ccccc1CN1CCC(Nc2cc(-c3ccccc3O)nc3c(Br)cnn23)CC1. The molecule has 3 N–H and O–H groups in total. The average molecular weight is 507 g/mol. The number of phenols is 1. The van der Waals surface area contributed by atoms with Crippen LogP contribution < -0.4 is 10.6 Å². The van der Waals surface area contributed by atoms with Crippen molar-refractivity contribution in [2.24, 2.45) is 0 Å². The molecule has 1 fully saturated rings. The Balaban J connectivity index is 1.33. The van der Waals surface area contributed by atoms with Gasteiger partial charge in [0.1, 0.15) is 11.6 Å². The molecular weight excluding hydrogens is 480 g/mol. The Morgan fingerprint density at radius 1 is 1.09 bits per heavy atom. The van der Waals surface area contributed by atoms with E-state index in [1.165, 1.54) is 11.3 Å². The first kappa shape index (κ1) is 21.7. The third-order valence-corrected chi connectivity index (χ3v) is 6.79. The Morgan fingerprint density at radius 2 is 1.85 bits per heavy atom. The molecule has 0 saturated carbocycles. The number of likely N-dealkylation sites (tertiary alicyclic amines) is 1. The number of phenolic OH excluding ortho intramolecular Hbond substituents is 1. The first-order chi connectivity index (χ1) is 16.1.